The van der Waals surface area contributed by atoms with E-state index >= 15 is 0 Å². The molecule has 0 aliphatic rings. The van der Waals surface area contributed by atoms with Crippen LogP contribution in [0.4, 0.5) is 5.69 Å². The Kier molecular flexibility index (Phi) is 6.92. The summed E-state index contributed by atoms with van der Waals surface area (Å²) in [7, 11) is 1.53. The van der Waals surface area contributed by atoms with Crippen molar-refractivity contribution in [2.24, 2.45) is 0 Å². The molecular weight excluding hydrogens is 428 g/mol. The summed E-state index contributed by atoms with van der Waals surface area (Å²) in [6.45, 7) is 4.47. The highest BCUT2D eigenvalue weighted by Gasteiger charge is 2.23. The van der Waals surface area contributed by atoms with Crippen molar-refractivity contribution < 1.29 is 14.3 Å². The van der Waals surface area contributed by atoms with Crippen molar-refractivity contribution >= 4 is 28.5 Å². The molecule has 4 rings (SSSR count). The Balaban J connectivity index is 1.65. The van der Waals surface area contributed by atoms with Crippen LogP contribution in [0.25, 0.3) is 11.0 Å². The van der Waals surface area contributed by atoms with Crippen LogP contribution in [0.2, 0.25) is 0 Å². The molecule has 3 aromatic carbocycles. The van der Waals surface area contributed by atoms with Gasteiger partial charge in [-0.3, -0.25) is 9.59 Å². The van der Waals surface area contributed by atoms with Crippen LogP contribution < -0.4 is 15.0 Å². The van der Waals surface area contributed by atoms with Gasteiger partial charge >= 0.3 is 0 Å². The van der Waals surface area contributed by atoms with E-state index in [0.717, 1.165) is 16.7 Å². The molecular formula is C27H28N4O3. The van der Waals surface area contributed by atoms with Crippen LogP contribution in [0.3, 0.4) is 0 Å². The number of nitrogens with one attached hydrogen (secondary N) is 1. The molecule has 7 heteroatoms. The molecule has 0 saturated carbocycles. The van der Waals surface area contributed by atoms with Gasteiger partial charge in [-0.2, -0.15) is 0 Å². The summed E-state index contributed by atoms with van der Waals surface area (Å²) in [5, 5.41) is 3.01. The van der Waals surface area contributed by atoms with Crippen LogP contribution in [0.5, 0.6) is 5.75 Å². The molecule has 2 amide bonds. The van der Waals surface area contributed by atoms with E-state index in [1.165, 1.54) is 7.11 Å². The third-order valence-corrected chi connectivity index (χ3v) is 5.75. The normalized spacial score (nSPS) is 11.7. The second-order valence-corrected chi connectivity index (χ2v) is 7.91. The highest BCUT2D eigenvalue weighted by molar-refractivity contribution is 5.97. The van der Waals surface area contributed by atoms with E-state index in [-0.39, 0.29) is 18.4 Å². The van der Waals surface area contributed by atoms with Crippen LogP contribution in [0.15, 0.2) is 78.9 Å². The number of ether oxygens (including phenoxy) is 1. The number of imidazole rings is 1. The fourth-order valence-electron chi connectivity index (χ4n) is 4.09. The zero-order valence-electron chi connectivity index (χ0n) is 19.6. The average molecular weight is 457 g/mol. The van der Waals surface area contributed by atoms with Gasteiger partial charge in [0.15, 0.2) is 0 Å². The molecule has 0 bridgehead atoms. The minimum absolute atomic E-state index is 0.0543. The van der Waals surface area contributed by atoms with Gasteiger partial charge in [0.2, 0.25) is 5.91 Å². The monoisotopic (exact) mass is 456 g/mol. The van der Waals surface area contributed by atoms with Gasteiger partial charge in [0.25, 0.3) is 5.91 Å². The number of hydrogen-bond donors (Lipinski definition) is 1. The van der Waals surface area contributed by atoms with Gasteiger partial charge in [-0.25, -0.2) is 4.98 Å². The van der Waals surface area contributed by atoms with Gasteiger partial charge in [0.05, 0.1) is 29.7 Å². The maximum atomic E-state index is 13.4. The number of carbonyl (C=O) groups excluding carboxylic acids is 2. The Morgan fingerprint density at radius 2 is 1.68 bits per heavy atom. The van der Waals surface area contributed by atoms with Crippen molar-refractivity contribution in [1.29, 1.82) is 0 Å². The van der Waals surface area contributed by atoms with E-state index in [4.69, 9.17) is 9.72 Å². The zero-order valence-corrected chi connectivity index (χ0v) is 19.6. The number of hydrogen-bond acceptors (Lipinski definition) is 4. The molecule has 0 fully saturated rings. The van der Waals surface area contributed by atoms with Gasteiger partial charge in [0, 0.05) is 12.2 Å². The first-order valence-corrected chi connectivity index (χ1v) is 11.3. The third-order valence-electron chi connectivity index (χ3n) is 5.75. The molecule has 1 N–H and O–H groups in total. The summed E-state index contributed by atoms with van der Waals surface area (Å²) in [5.41, 5.74) is 2.90. The second-order valence-electron chi connectivity index (χ2n) is 7.91. The lowest BCUT2D eigenvalue weighted by Gasteiger charge is -2.23. The van der Waals surface area contributed by atoms with Crippen LogP contribution in [0.1, 0.15) is 36.1 Å². The van der Waals surface area contributed by atoms with Crippen LogP contribution in [-0.2, 0) is 11.3 Å². The molecule has 0 radical (unpaired) electrons. The Morgan fingerprint density at radius 3 is 2.41 bits per heavy atom. The standard InChI is InChI=1S/C27H28N4O3/c1-4-30(20-12-6-5-7-13-20)25(32)18-31-23-16-10-9-15-22(23)29-26(31)19(2)28-27(33)21-14-8-11-17-24(21)34-3/h5-17,19H,4,18H2,1-3H3,(H,28,33). The van der Waals surface area contributed by atoms with Crippen molar-refractivity contribution in [1.82, 2.24) is 14.9 Å². The molecule has 0 saturated heterocycles. The fourth-order valence-corrected chi connectivity index (χ4v) is 4.09. The molecule has 1 atom stereocenters. The van der Waals surface area contributed by atoms with Crippen molar-refractivity contribution in [3.8, 4) is 5.75 Å². The molecule has 174 valence electrons. The number of fused-ring (bicyclic) bond motifs is 1. The number of para-hydroxylation sites is 4. The molecule has 0 aliphatic carbocycles. The smallest absolute Gasteiger partial charge is 0.255 e. The predicted molar refractivity (Wildman–Crippen MR) is 133 cm³/mol. The Labute approximate surface area is 199 Å². The first-order valence-electron chi connectivity index (χ1n) is 11.3. The predicted octanol–water partition coefficient (Wildman–Crippen LogP) is 4.59. The SMILES string of the molecule is CCN(C(=O)Cn1c(C(C)NC(=O)c2ccccc2OC)nc2ccccc21)c1ccccc1. The van der Waals surface area contributed by atoms with Gasteiger partial charge in [0.1, 0.15) is 18.1 Å². The van der Waals surface area contributed by atoms with Crippen molar-refractivity contribution in [3.63, 3.8) is 0 Å². The molecule has 1 aromatic heterocycles. The summed E-state index contributed by atoms with van der Waals surface area (Å²) in [6, 6.07) is 23.9. The van der Waals surface area contributed by atoms with Gasteiger partial charge in [-0.1, -0.05) is 42.5 Å². The highest BCUT2D eigenvalue weighted by Crippen LogP contribution is 2.24. The van der Waals surface area contributed by atoms with E-state index in [1.807, 2.05) is 79.1 Å². The van der Waals surface area contributed by atoms with Gasteiger partial charge in [-0.05, 0) is 50.2 Å². The minimum Gasteiger partial charge on any atom is -0.496 e. The van der Waals surface area contributed by atoms with Crippen LogP contribution in [-0.4, -0.2) is 35.0 Å². The summed E-state index contributed by atoms with van der Waals surface area (Å²) in [4.78, 5) is 32.9. The van der Waals surface area contributed by atoms with Crippen molar-refractivity contribution in [3.05, 3.63) is 90.3 Å². The van der Waals surface area contributed by atoms with E-state index in [1.54, 1.807) is 23.1 Å². The largest absolute Gasteiger partial charge is 0.496 e. The first kappa shape index (κ1) is 23.0. The minimum atomic E-state index is -0.440. The number of amides is 2. The van der Waals surface area contributed by atoms with E-state index < -0.39 is 6.04 Å². The molecule has 0 spiro atoms. The average Bonchev–Trinajstić information content (AvgIpc) is 3.23. The molecule has 1 heterocycles. The Morgan fingerprint density at radius 1 is 1.00 bits per heavy atom. The topological polar surface area (TPSA) is 76.5 Å². The lowest BCUT2D eigenvalue weighted by Crippen LogP contribution is -2.35. The summed E-state index contributed by atoms with van der Waals surface area (Å²) in [6.07, 6.45) is 0. The number of carbonyl (C=O) groups is 2. The lowest BCUT2D eigenvalue weighted by molar-refractivity contribution is -0.119. The molecule has 1 unspecified atom stereocenters. The number of rotatable bonds is 8. The van der Waals surface area contributed by atoms with Crippen LogP contribution in [0, 0.1) is 0 Å². The quantitative estimate of drug-likeness (QED) is 0.421. The van der Waals surface area contributed by atoms with E-state index in [2.05, 4.69) is 5.32 Å². The number of methoxy groups -OCH3 is 1. The first-order chi connectivity index (χ1) is 16.5. The van der Waals surface area contributed by atoms with Gasteiger partial charge < -0.3 is 19.5 Å². The Hall–Kier alpha value is -4.13. The van der Waals surface area contributed by atoms with Gasteiger partial charge in [-0.15, -0.1) is 0 Å². The number of likely N-dealkylation sites (N-methyl/N-ethyl adjacent to an activating group) is 1. The number of aromatic nitrogens is 2. The molecule has 7 nitrogen and oxygen atoms in total. The third kappa shape index (κ3) is 4.64. The lowest BCUT2D eigenvalue weighted by atomic mass is 10.1. The number of anilines is 1. The zero-order chi connectivity index (χ0) is 24.1. The molecule has 0 aliphatic heterocycles. The molecule has 34 heavy (non-hydrogen) atoms. The number of benzene rings is 3. The summed E-state index contributed by atoms with van der Waals surface area (Å²) < 4.78 is 7.21. The van der Waals surface area contributed by atoms with E-state index in [9.17, 15) is 9.59 Å². The summed E-state index contributed by atoms with van der Waals surface area (Å²) >= 11 is 0. The number of nitrogens with zero attached hydrogens (tertiary/aromatic N) is 3. The maximum Gasteiger partial charge on any atom is 0.255 e. The fraction of sp³-hybridized carbons (Fsp3) is 0.222. The molecule has 4 aromatic rings. The van der Waals surface area contributed by atoms with Crippen molar-refractivity contribution in [2.75, 3.05) is 18.6 Å². The van der Waals surface area contributed by atoms with Crippen molar-refractivity contribution in [2.45, 2.75) is 26.4 Å². The second kappa shape index (κ2) is 10.2. The summed E-state index contributed by atoms with van der Waals surface area (Å²) in [5.74, 6) is 0.787. The van der Waals surface area contributed by atoms with E-state index in [0.29, 0.717) is 23.7 Å². The van der Waals surface area contributed by atoms with Crippen LogP contribution >= 0.6 is 0 Å². The highest BCUT2D eigenvalue weighted by atomic mass is 16.5. The Bertz CT molecular complexity index is 1300. The maximum absolute atomic E-state index is 13.4.